The highest BCUT2D eigenvalue weighted by atomic mass is 19.1. The van der Waals surface area contributed by atoms with E-state index in [4.69, 9.17) is 29.3 Å². The fourth-order valence-electron chi connectivity index (χ4n) is 9.19. The number of oxime groups is 1. The molecule has 0 radical (unpaired) electrons. The Morgan fingerprint density at radius 3 is 2.77 bits per heavy atom. The van der Waals surface area contributed by atoms with Crippen LogP contribution in [-0.4, -0.2) is 94.8 Å². The third kappa shape index (κ3) is 5.76. The van der Waals surface area contributed by atoms with Gasteiger partial charge in [0.25, 0.3) is 0 Å². The number of hydrogen-bond donors (Lipinski definition) is 2. The van der Waals surface area contributed by atoms with Crippen molar-refractivity contribution in [3.8, 4) is 28.9 Å². The molecule has 4 atom stereocenters. The van der Waals surface area contributed by atoms with E-state index in [9.17, 15) is 5.11 Å². The van der Waals surface area contributed by atoms with E-state index < -0.39 is 11.6 Å². The van der Waals surface area contributed by atoms with Crippen molar-refractivity contribution in [1.29, 1.82) is 0 Å². The van der Waals surface area contributed by atoms with Crippen molar-refractivity contribution in [2.24, 2.45) is 10.6 Å². The number of aryl methyl sites for hydroxylation is 1. The minimum absolute atomic E-state index is 0.0299. The molecule has 4 unspecified atom stereocenters. The van der Waals surface area contributed by atoms with Crippen molar-refractivity contribution >= 4 is 33.2 Å². The Labute approximate surface area is 301 Å². The molecule has 2 N–H and O–H groups in total. The lowest BCUT2D eigenvalue weighted by Crippen LogP contribution is -2.62. The first-order valence-corrected chi connectivity index (χ1v) is 18.7. The van der Waals surface area contributed by atoms with Crippen LogP contribution in [0.25, 0.3) is 32.9 Å². The third-order valence-electron chi connectivity index (χ3n) is 11.9. The molecule has 3 saturated heterocycles. The Bertz CT molecular complexity index is 2090. The Balaban J connectivity index is 1.14. The van der Waals surface area contributed by atoms with Gasteiger partial charge >= 0.3 is 6.01 Å². The van der Waals surface area contributed by atoms with Crippen LogP contribution < -0.4 is 19.7 Å². The van der Waals surface area contributed by atoms with E-state index in [0.717, 1.165) is 70.3 Å². The average molecular weight is 714 g/mol. The van der Waals surface area contributed by atoms with Crippen LogP contribution in [-0.2, 0) is 11.3 Å². The van der Waals surface area contributed by atoms with Gasteiger partial charge in [0.15, 0.2) is 5.82 Å². The Kier molecular flexibility index (Phi) is 8.33. The zero-order chi connectivity index (χ0) is 35.7. The molecule has 6 heterocycles. The molecule has 2 aromatic heterocycles. The van der Waals surface area contributed by atoms with E-state index in [1.165, 1.54) is 12.1 Å². The molecule has 11 nitrogen and oxygen atoms in total. The Morgan fingerprint density at radius 2 is 1.96 bits per heavy atom. The van der Waals surface area contributed by atoms with Crippen molar-refractivity contribution in [3.05, 3.63) is 41.5 Å². The maximum absolute atomic E-state index is 17.3. The van der Waals surface area contributed by atoms with Gasteiger partial charge in [0.1, 0.15) is 47.2 Å². The standard InChI is InChI=1S/C39H45F2N7O4/c1-4-26-28(40)9-7-22-16-25(49)17-27(30(22)26)33-32(41)34-31-36(48-18-24-8-10-29(42-24)35(48)21(2)52-37(31)43-33)45-38(44-34)51-20-39(12-13-39)19-47-14-5-6-23(11-15-47)46-50-3/h7,9,16-17,21,24,29,35,42,49H,4-6,8,10-15,18-20H2,1-3H3. The number of pyridine rings is 1. The van der Waals surface area contributed by atoms with Crippen LogP contribution in [0.1, 0.15) is 64.4 Å². The van der Waals surface area contributed by atoms with Gasteiger partial charge in [-0.3, -0.25) is 0 Å². The molecule has 4 fully saturated rings. The SMILES string of the molecule is CCc1c(F)ccc2cc(O)cc(-c3nc4c5c(nc(OCC6(CN7CCCC(=NOC)CC7)CC6)nc5c3F)N3CC5CCC(N5)C3C(C)O4)c12. The molecule has 4 aliphatic heterocycles. The maximum atomic E-state index is 17.3. The third-order valence-corrected chi connectivity index (χ3v) is 11.9. The molecular formula is C39H45F2N7O4. The summed E-state index contributed by atoms with van der Waals surface area (Å²) in [4.78, 5) is 24.4. The van der Waals surface area contributed by atoms with Crippen LogP contribution in [0.15, 0.2) is 29.4 Å². The molecule has 2 aromatic carbocycles. The summed E-state index contributed by atoms with van der Waals surface area (Å²) < 4.78 is 45.6. The highest BCUT2D eigenvalue weighted by Crippen LogP contribution is 2.48. The van der Waals surface area contributed by atoms with E-state index in [1.807, 2.05) is 13.8 Å². The monoisotopic (exact) mass is 713 g/mol. The van der Waals surface area contributed by atoms with Gasteiger partial charge in [-0.1, -0.05) is 18.1 Å². The van der Waals surface area contributed by atoms with Gasteiger partial charge in [0.05, 0.1) is 18.4 Å². The van der Waals surface area contributed by atoms with Gasteiger partial charge in [-0.15, -0.1) is 0 Å². The molecule has 5 aliphatic rings. The lowest BCUT2D eigenvalue weighted by atomic mass is 9.94. The second-order valence-corrected chi connectivity index (χ2v) is 15.4. The summed E-state index contributed by atoms with van der Waals surface area (Å²) in [6.45, 7) is 7.78. The van der Waals surface area contributed by atoms with Crippen molar-refractivity contribution < 1.29 is 28.2 Å². The number of nitrogens with zero attached hydrogens (tertiary/aromatic N) is 6. The lowest BCUT2D eigenvalue weighted by Gasteiger charge is -2.42. The van der Waals surface area contributed by atoms with Crippen molar-refractivity contribution in [3.63, 3.8) is 0 Å². The number of rotatable bonds is 8. The predicted octanol–water partition coefficient (Wildman–Crippen LogP) is 6.13. The summed E-state index contributed by atoms with van der Waals surface area (Å²) in [6, 6.07) is 6.46. The number of fused-ring (bicyclic) bond motifs is 6. The maximum Gasteiger partial charge on any atom is 0.319 e. The van der Waals surface area contributed by atoms with E-state index in [0.29, 0.717) is 47.1 Å². The topological polar surface area (TPSA) is 117 Å². The van der Waals surface area contributed by atoms with Crippen LogP contribution in [0.2, 0.25) is 0 Å². The fraction of sp³-hybridized carbons (Fsp3) is 0.538. The van der Waals surface area contributed by atoms with Crippen molar-refractivity contribution in [2.75, 3.05) is 44.8 Å². The lowest BCUT2D eigenvalue weighted by molar-refractivity contribution is 0.153. The molecule has 274 valence electrons. The average Bonchev–Trinajstić information content (AvgIpc) is 3.87. The predicted molar refractivity (Wildman–Crippen MR) is 194 cm³/mol. The number of nitrogens with one attached hydrogen (secondary N) is 1. The normalized spacial score (nSPS) is 25.9. The molecule has 9 rings (SSSR count). The Morgan fingerprint density at radius 1 is 1.10 bits per heavy atom. The van der Waals surface area contributed by atoms with Crippen LogP contribution in [0, 0.1) is 17.0 Å². The van der Waals surface area contributed by atoms with Crippen LogP contribution >= 0.6 is 0 Å². The second-order valence-electron chi connectivity index (χ2n) is 15.4. The van der Waals surface area contributed by atoms with E-state index in [1.54, 1.807) is 19.2 Å². The van der Waals surface area contributed by atoms with Gasteiger partial charge in [0, 0.05) is 49.1 Å². The van der Waals surface area contributed by atoms with Crippen LogP contribution in [0.5, 0.6) is 17.6 Å². The number of ether oxygens (including phenoxy) is 2. The highest BCUT2D eigenvalue weighted by molar-refractivity contribution is 6.03. The number of anilines is 1. The van der Waals surface area contributed by atoms with Gasteiger partial charge in [-0.25, -0.2) is 13.8 Å². The van der Waals surface area contributed by atoms with Gasteiger partial charge in [-0.2, -0.15) is 9.97 Å². The summed E-state index contributed by atoms with van der Waals surface area (Å²) in [7, 11) is 1.60. The first kappa shape index (κ1) is 33.5. The summed E-state index contributed by atoms with van der Waals surface area (Å²) in [6.07, 6.45) is 7.02. The molecule has 1 aliphatic carbocycles. The molecule has 0 spiro atoms. The number of phenols is 1. The number of aromatic hydroxyl groups is 1. The van der Waals surface area contributed by atoms with Crippen LogP contribution in [0.4, 0.5) is 14.6 Å². The smallest absolute Gasteiger partial charge is 0.319 e. The van der Waals surface area contributed by atoms with Gasteiger partial charge in [0.2, 0.25) is 5.88 Å². The zero-order valence-corrected chi connectivity index (χ0v) is 29.9. The first-order chi connectivity index (χ1) is 25.2. The minimum atomic E-state index is -0.697. The number of likely N-dealkylation sites (tertiary alicyclic amines) is 1. The summed E-state index contributed by atoms with van der Waals surface area (Å²) in [5.41, 5.74) is 1.73. The molecule has 2 bridgehead atoms. The fourth-order valence-corrected chi connectivity index (χ4v) is 9.19. The quantitative estimate of drug-likeness (QED) is 0.207. The van der Waals surface area contributed by atoms with Crippen LogP contribution in [0.3, 0.4) is 0 Å². The second kappa shape index (κ2) is 12.9. The highest BCUT2D eigenvalue weighted by Gasteiger charge is 2.48. The zero-order valence-electron chi connectivity index (χ0n) is 29.9. The first-order valence-electron chi connectivity index (χ1n) is 18.7. The number of benzene rings is 2. The van der Waals surface area contributed by atoms with E-state index in [-0.39, 0.29) is 64.1 Å². The minimum Gasteiger partial charge on any atom is -0.508 e. The summed E-state index contributed by atoms with van der Waals surface area (Å²) in [5.74, 6) is -0.399. The van der Waals surface area contributed by atoms with E-state index >= 15 is 8.78 Å². The number of halogens is 2. The largest absolute Gasteiger partial charge is 0.508 e. The molecule has 4 aromatic rings. The molecule has 0 amide bonds. The number of aromatic nitrogens is 3. The Hall–Kier alpha value is -4.36. The molecule has 1 saturated carbocycles. The van der Waals surface area contributed by atoms with Crippen molar-refractivity contribution in [1.82, 2.24) is 25.2 Å². The van der Waals surface area contributed by atoms with E-state index in [2.05, 4.69) is 20.3 Å². The van der Waals surface area contributed by atoms with Crippen molar-refractivity contribution in [2.45, 2.75) is 89.4 Å². The molecular weight excluding hydrogens is 668 g/mol. The van der Waals surface area contributed by atoms with Gasteiger partial charge < -0.3 is 34.5 Å². The summed E-state index contributed by atoms with van der Waals surface area (Å²) >= 11 is 0. The van der Waals surface area contributed by atoms with Gasteiger partial charge in [-0.05, 0) is 92.9 Å². The summed E-state index contributed by atoms with van der Waals surface area (Å²) in [5, 5.41) is 20.2. The number of piperazine rings is 1. The molecule has 52 heavy (non-hydrogen) atoms. The number of hydrogen-bond acceptors (Lipinski definition) is 11. The number of phenolic OH excluding ortho intramolecular Hbond substituents is 1. The molecule has 13 heteroatoms.